The summed E-state index contributed by atoms with van der Waals surface area (Å²) in [6.07, 6.45) is -0.659. The van der Waals surface area contributed by atoms with Crippen molar-refractivity contribution in [2.75, 3.05) is 11.9 Å². The van der Waals surface area contributed by atoms with Gasteiger partial charge >= 0.3 is 12.0 Å². The molecule has 0 bridgehead atoms. The maximum absolute atomic E-state index is 13.9. The minimum atomic E-state index is -1.82. The topological polar surface area (TPSA) is 119 Å². The van der Waals surface area contributed by atoms with Gasteiger partial charge in [0, 0.05) is 11.9 Å². The second-order valence-electron chi connectivity index (χ2n) is 12.6. The number of rotatable bonds is 2. The monoisotopic (exact) mass is 556 g/mol. The fourth-order valence-corrected chi connectivity index (χ4v) is 6.45. The number of hydrogen-bond acceptors (Lipinski definition) is 6. The molecule has 0 spiro atoms. The number of carbonyl (C=O) groups excluding carboxylic acids is 2. The number of fused-ring (bicyclic) bond motifs is 1. The first-order valence-electron chi connectivity index (χ1n) is 14.5. The maximum Gasteiger partial charge on any atom is 0.322 e. The molecule has 40 heavy (non-hydrogen) atoms. The Labute approximate surface area is 238 Å². The second-order valence-corrected chi connectivity index (χ2v) is 12.6. The van der Waals surface area contributed by atoms with Crippen molar-refractivity contribution in [2.24, 2.45) is 17.8 Å². The first-order chi connectivity index (χ1) is 18.7. The number of ether oxygens (including phenoxy) is 1. The van der Waals surface area contributed by atoms with E-state index in [0.29, 0.717) is 24.9 Å². The van der Waals surface area contributed by atoms with E-state index in [1.54, 1.807) is 27.7 Å². The van der Waals surface area contributed by atoms with Gasteiger partial charge in [0.25, 0.3) is 0 Å². The zero-order chi connectivity index (χ0) is 29.8. The predicted molar refractivity (Wildman–Crippen MR) is 158 cm³/mol. The molecule has 1 aliphatic heterocycles. The van der Waals surface area contributed by atoms with E-state index < -0.39 is 47.4 Å². The van der Waals surface area contributed by atoms with Gasteiger partial charge in [0.15, 0.2) is 0 Å². The van der Waals surface area contributed by atoms with Crippen LogP contribution in [-0.4, -0.2) is 68.2 Å². The molecule has 0 aromatic heterocycles. The SMILES string of the molecule is CC[C@H]1OC(=O)C(C)C[C@H](C)C[C@](C)(O)C[C@@H](C)CN(C(=O)Nc2cccc3ccccc23)C(C)C(O)[C@]1(C)O. The fraction of sp³-hybridized carbons (Fsp3) is 0.625. The van der Waals surface area contributed by atoms with Gasteiger partial charge in [-0.1, -0.05) is 64.1 Å². The van der Waals surface area contributed by atoms with Crippen LogP contribution in [0.3, 0.4) is 0 Å². The molecule has 8 nitrogen and oxygen atoms in total. The van der Waals surface area contributed by atoms with Crippen molar-refractivity contribution < 1.29 is 29.6 Å². The molecule has 2 amide bonds. The van der Waals surface area contributed by atoms with Crippen molar-refractivity contribution >= 4 is 28.5 Å². The van der Waals surface area contributed by atoms with E-state index in [1.807, 2.05) is 56.3 Å². The molecule has 222 valence electrons. The van der Waals surface area contributed by atoms with Crippen molar-refractivity contribution in [2.45, 2.75) is 104 Å². The molecule has 1 aliphatic rings. The molecule has 0 saturated carbocycles. The summed E-state index contributed by atoms with van der Waals surface area (Å²) in [6.45, 7) is 12.7. The van der Waals surface area contributed by atoms with E-state index in [0.717, 1.165) is 10.8 Å². The van der Waals surface area contributed by atoms with Crippen LogP contribution in [0.5, 0.6) is 0 Å². The highest BCUT2D eigenvalue weighted by molar-refractivity contribution is 6.01. The third-order valence-corrected chi connectivity index (χ3v) is 8.36. The number of aliphatic hydroxyl groups is 3. The number of urea groups is 1. The van der Waals surface area contributed by atoms with Crippen molar-refractivity contribution in [1.29, 1.82) is 0 Å². The van der Waals surface area contributed by atoms with Crippen LogP contribution in [0, 0.1) is 17.8 Å². The molecule has 8 atom stereocenters. The van der Waals surface area contributed by atoms with Crippen molar-refractivity contribution in [3.63, 3.8) is 0 Å². The van der Waals surface area contributed by atoms with Crippen LogP contribution in [0.4, 0.5) is 10.5 Å². The number of cyclic esters (lactones) is 1. The van der Waals surface area contributed by atoms with Gasteiger partial charge in [0.2, 0.25) is 0 Å². The van der Waals surface area contributed by atoms with Crippen molar-refractivity contribution in [3.8, 4) is 0 Å². The molecule has 3 unspecified atom stereocenters. The van der Waals surface area contributed by atoms with Crippen molar-refractivity contribution in [3.05, 3.63) is 42.5 Å². The van der Waals surface area contributed by atoms with E-state index in [1.165, 1.54) is 11.8 Å². The van der Waals surface area contributed by atoms with Gasteiger partial charge in [-0.15, -0.1) is 0 Å². The van der Waals surface area contributed by atoms with E-state index in [4.69, 9.17) is 4.74 Å². The Hall–Kier alpha value is -2.68. The number of hydrogen-bond donors (Lipinski definition) is 4. The first-order valence-corrected chi connectivity index (χ1v) is 14.5. The van der Waals surface area contributed by atoms with Gasteiger partial charge < -0.3 is 30.3 Å². The van der Waals surface area contributed by atoms with Crippen LogP contribution in [0.2, 0.25) is 0 Å². The summed E-state index contributed by atoms with van der Waals surface area (Å²) >= 11 is 0. The molecule has 4 N–H and O–H groups in total. The summed E-state index contributed by atoms with van der Waals surface area (Å²) in [7, 11) is 0. The Bertz CT molecular complexity index is 1160. The summed E-state index contributed by atoms with van der Waals surface area (Å²) in [5.41, 5.74) is -2.20. The number of anilines is 1. The zero-order valence-electron chi connectivity index (χ0n) is 25.1. The molecular formula is C32H48N2O6. The molecular weight excluding hydrogens is 508 g/mol. The normalized spacial score (nSPS) is 35.0. The lowest BCUT2D eigenvalue weighted by molar-refractivity contribution is -0.188. The smallest absolute Gasteiger partial charge is 0.322 e. The number of aliphatic hydroxyl groups excluding tert-OH is 1. The third-order valence-electron chi connectivity index (χ3n) is 8.36. The van der Waals surface area contributed by atoms with Crippen LogP contribution in [0.1, 0.15) is 74.1 Å². The van der Waals surface area contributed by atoms with Crippen molar-refractivity contribution in [1.82, 2.24) is 4.90 Å². The number of nitrogens with one attached hydrogen (secondary N) is 1. The van der Waals surface area contributed by atoms with Gasteiger partial charge in [-0.25, -0.2) is 4.79 Å². The predicted octanol–water partition coefficient (Wildman–Crippen LogP) is 5.34. The molecule has 0 aliphatic carbocycles. The largest absolute Gasteiger partial charge is 0.459 e. The van der Waals surface area contributed by atoms with E-state index in [2.05, 4.69) is 5.32 Å². The number of amides is 2. The third kappa shape index (κ3) is 7.53. The van der Waals surface area contributed by atoms with Gasteiger partial charge in [0.1, 0.15) is 17.8 Å². The highest BCUT2D eigenvalue weighted by Gasteiger charge is 2.46. The summed E-state index contributed by atoms with van der Waals surface area (Å²) in [4.78, 5) is 28.4. The Morgan fingerprint density at radius 2 is 1.65 bits per heavy atom. The van der Waals surface area contributed by atoms with Crippen LogP contribution in [0.25, 0.3) is 10.8 Å². The highest BCUT2D eigenvalue weighted by atomic mass is 16.6. The minimum Gasteiger partial charge on any atom is -0.459 e. The maximum atomic E-state index is 13.9. The Morgan fingerprint density at radius 3 is 2.33 bits per heavy atom. The van der Waals surface area contributed by atoms with Gasteiger partial charge in [-0.3, -0.25) is 4.79 Å². The Balaban J connectivity index is 2.00. The molecule has 1 fully saturated rings. The van der Waals surface area contributed by atoms with E-state index >= 15 is 0 Å². The molecule has 2 aromatic carbocycles. The summed E-state index contributed by atoms with van der Waals surface area (Å²) in [5.74, 6) is -0.962. The zero-order valence-corrected chi connectivity index (χ0v) is 25.1. The standard InChI is InChI=1S/C32H48N2O6/c1-8-27-32(7,39)28(35)23(5)34(30(37)33-26-15-11-13-24-12-9-10-14-25(24)26)19-21(3)18-31(6,38)17-20(2)16-22(4)29(36)40-27/h9-15,20-23,27-28,35,38-39H,8,16-19H2,1-7H3,(H,33,37)/t20-,21+,22?,23?,27+,28?,31-,32+/m0/s1. The summed E-state index contributed by atoms with van der Waals surface area (Å²) < 4.78 is 5.75. The highest BCUT2D eigenvalue weighted by Crippen LogP contribution is 2.32. The fourth-order valence-electron chi connectivity index (χ4n) is 6.45. The lowest BCUT2D eigenvalue weighted by Gasteiger charge is -2.43. The van der Waals surface area contributed by atoms with Gasteiger partial charge in [-0.05, 0) is 69.7 Å². The minimum absolute atomic E-state index is 0.0470. The molecule has 3 rings (SSSR count). The molecule has 8 heteroatoms. The molecule has 0 radical (unpaired) electrons. The van der Waals surface area contributed by atoms with Crippen LogP contribution in [-0.2, 0) is 9.53 Å². The van der Waals surface area contributed by atoms with Crippen LogP contribution >= 0.6 is 0 Å². The lowest BCUT2D eigenvalue weighted by atomic mass is 9.82. The van der Waals surface area contributed by atoms with Gasteiger partial charge in [-0.2, -0.15) is 0 Å². The average Bonchev–Trinajstić information content (AvgIpc) is 2.88. The van der Waals surface area contributed by atoms with E-state index in [9.17, 15) is 24.9 Å². The molecule has 2 aromatic rings. The van der Waals surface area contributed by atoms with E-state index in [-0.39, 0.29) is 24.8 Å². The number of benzene rings is 2. The number of nitrogens with zero attached hydrogens (tertiary/aromatic N) is 1. The summed E-state index contributed by atoms with van der Waals surface area (Å²) in [6, 6.07) is 12.1. The second kappa shape index (κ2) is 12.9. The summed E-state index contributed by atoms with van der Waals surface area (Å²) in [5, 5.41) is 39.2. The Morgan fingerprint density at radius 1 is 1.02 bits per heavy atom. The Kier molecular flexibility index (Phi) is 10.3. The number of carbonyl (C=O) groups is 2. The molecule has 1 heterocycles. The molecule has 1 saturated heterocycles. The average molecular weight is 557 g/mol. The number of esters is 1. The van der Waals surface area contributed by atoms with Crippen LogP contribution < -0.4 is 5.32 Å². The lowest BCUT2D eigenvalue weighted by Crippen LogP contribution is -2.60. The van der Waals surface area contributed by atoms with Crippen LogP contribution in [0.15, 0.2) is 42.5 Å². The quantitative estimate of drug-likeness (QED) is 0.371. The van der Waals surface area contributed by atoms with Gasteiger partial charge in [0.05, 0.1) is 23.2 Å². The first kappa shape index (κ1) is 31.8.